The van der Waals surface area contributed by atoms with Crippen LogP contribution < -0.4 is 0 Å². The van der Waals surface area contributed by atoms with Crippen molar-refractivity contribution in [3.63, 3.8) is 0 Å². The Labute approximate surface area is 138 Å². The number of thioether (sulfide) groups is 2. The zero-order chi connectivity index (χ0) is 15.6. The van der Waals surface area contributed by atoms with Gasteiger partial charge in [0.25, 0.3) is 0 Å². The third-order valence-corrected chi connectivity index (χ3v) is 5.23. The monoisotopic (exact) mass is 392 g/mol. The predicted molar refractivity (Wildman–Crippen MR) is 88.8 cm³/mol. The molecule has 114 valence electrons. The van der Waals surface area contributed by atoms with Crippen LogP contribution >= 0.6 is 39.5 Å². The summed E-state index contributed by atoms with van der Waals surface area (Å²) in [5, 5.41) is 9.44. The van der Waals surface area contributed by atoms with Crippen LogP contribution in [0.15, 0.2) is 21.8 Å². The number of hydrogen-bond acceptors (Lipinski definition) is 4. The molecule has 0 spiro atoms. The zero-order valence-electron chi connectivity index (χ0n) is 11.5. The first-order valence-electron chi connectivity index (χ1n) is 6.14. The number of benzene rings is 1. The van der Waals surface area contributed by atoms with Crippen LogP contribution in [0, 0.1) is 5.82 Å². The molecule has 0 bridgehead atoms. The highest BCUT2D eigenvalue weighted by Gasteiger charge is 2.18. The van der Waals surface area contributed by atoms with Crippen molar-refractivity contribution in [2.24, 2.45) is 0 Å². The highest BCUT2D eigenvalue weighted by atomic mass is 79.9. The third kappa shape index (κ3) is 3.73. The number of aliphatic carboxylic acids is 1. The minimum Gasteiger partial charge on any atom is -0.481 e. The van der Waals surface area contributed by atoms with Crippen LogP contribution in [0.4, 0.5) is 4.39 Å². The maximum atomic E-state index is 13.7. The molecule has 1 heterocycles. The molecule has 2 rings (SSSR count). The van der Waals surface area contributed by atoms with Crippen molar-refractivity contribution >= 4 is 56.5 Å². The number of hydrogen-bond donors (Lipinski definition) is 1. The van der Waals surface area contributed by atoms with Gasteiger partial charge < -0.3 is 9.67 Å². The molecule has 1 aromatic heterocycles. The van der Waals surface area contributed by atoms with Gasteiger partial charge in [0.05, 0.1) is 21.3 Å². The van der Waals surface area contributed by atoms with E-state index >= 15 is 0 Å². The maximum absolute atomic E-state index is 13.7. The molecule has 0 radical (unpaired) electrons. The number of carboxylic acid groups (broad SMARTS) is 1. The van der Waals surface area contributed by atoms with Gasteiger partial charge >= 0.3 is 5.97 Å². The summed E-state index contributed by atoms with van der Waals surface area (Å²) in [7, 11) is 0. The van der Waals surface area contributed by atoms with Gasteiger partial charge in [0.2, 0.25) is 0 Å². The Hall–Kier alpha value is -0.730. The summed E-state index contributed by atoms with van der Waals surface area (Å²) in [6.45, 7) is 2.04. The van der Waals surface area contributed by atoms with Crippen LogP contribution in [0.3, 0.4) is 0 Å². The number of halogens is 2. The van der Waals surface area contributed by atoms with Gasteiger partial charge in [-0.05, 0) is 35.2 Å². The first-order chi connectivity index (χ1) is 9.93. The second-order valence-corrected chi connectivity index (χ2v) is 7.21. The van der Waals surface area contributed by atoms with Gasteiger partial charge in [-0.3, -0.25) is 4.79 Å². The summed E-state index contributed by atoms with van der Waals surface area (Å²) in [5.41, 5.74) is 1.34. The Balaban J connectivity index is 2.54. The van der Waals surface area contributed by atoms with Crippen LogP contribution in [0.25, 0.3) is 11.0 Å². The summed E-state index contributed by atoms with van der Waals surface area (Å²) in [5.74, 6) is -0.483. The van der Waals surface area contributed by atoms with Gasteiger partial charge in [-0.1, -0.05) is 11.8 Å². The van der Waals surface area contributed by atoms with E-state index < -0.39 is 5.97 Å². The lowest BCUT2D eigenvalue weighted by molar-refractivity contribution is -0.133. The van der Waals surface area contributed by atoms with E-state index in [1.165, 1.54) is 6.07 Å². The third-order valence-electron chi connectivity index (χ3n) is 2.87. The molecule has 21 heavy (non-hydrogen) atoms. The average Bonchev–Trinajstić information content (AvgIpc) is 2.75. The number of carbonyl (C=O) groups is 1. The molecule has 2 aromatic rings. The number of nitrogens with zero attached hydrogens (tertiary/aromatic N) is 2. The second-order valence-electron chi connectivity index (χ2n) is 4.51. The van der Waals surface area contributed by atoms with E-state index in [1.54, 1.807) is 17.8 Å². The molecule has 1 aromatic carbocycles. The first-order valence-corrected chi connectivity index (χ1v) is 9.31. The van der Waals surface area contributed by atoms with Crippen molar-refractivity contribution in [3.8, 4) is 0 Å². The summed E-state index contributed by atoms with van der Waals surface area (Å²) in [6, 6.07) is 3.20. The maximum Gasteiger partial charge on any atom is 0.313 e. The number of carboxylic acids is 1. The molecule has 8 heteroatoms. The van der Waals surface area contributed by atoms with E-state index in [1.807, 2.05) is 17.7 Å². The molecule has 0 saturated heterocycles. The zero-order valence-corrected chi connectivity index (χ0v) is 14.7. The highest BCUT2D eigenvalue weighted by molar-refractivity contribution is 9.10. The summed E-state index contributed by atoms with van der Waals surface area (Å²) in [4.78, 5) is 15.2. The number of aromatic nitrogens is 2. The fraction of sp³-hybridized carbons (Fsp3) is 0.385. The van der Waals surface area contributed by atoms with Gasteiger partial charge in [0.15, 0.2) is 5.16 Å². The van der Waals surface area contributed by atoms with Crippen molar-refractivity contribution < 1.29 is 14.3 Å². The van der Waals surface area contributed by atoms with E-state index in [0.29, 0.717) is 15.1 Å². The molecular weight excluding hydrogens is 379 g/mol. The summed E-state index contributed by atoms with van der Waals surface area (Å²) >= 11 is 6.04. The summed E-state index contributed by atoms with van der Waals surface area (Å²) in [6.07, 6.45) is 2.01. The Morgan fingerprint density at radius 3 is 2.90 bits per heavy atom. The number of imidazole rings is 1. The standard InChI is InChI=1S/C13H14BrFN2O2S2/c1-7(5-20-2)17-11-3-8(14)9(15)4-10(11)16-13(17)21-6-12(18)19/h3-4,7H,5-6H2,1-2H3,(H,18,19). The Kier molecular flexibility index (Phi) is 5.56. The van der Waals surface area contributed by atoms with E-state index in [9.17, 15) is 9.18 Å². The van der Waals surface area contributed by atoms with E-state index in [4.69, 9.17) is 5.11 Å². The van der Waals surface area contributed by atoms with E-state index in [-0.39, 0.29) is 17.6 Å². The van der Waals surface area contributed by atoms with E-state index in [0.717, 1.165) is 23.0 Å². The Morgan fingerprint density at radius 2 is 2.29 bits per heavy atom. The molecule has 0 aliphatic carbocycles. The topological polar surface area (TPSA) is 55.1 Å². The van der Waals surface area contributed by atoms with Crippen molar-refractivity contribution in [2.45, 2.75) is 18.1 Å². The SMILES string of the molecule is CSCC(C)n1c(SCC(=O)O)nc2cc(F)c(Br)cc21. The molecule has 4 nitrogen and oxygen atoms in total. The normalized spacial score (nSPS) is 12.8. The smallest absolute Gasteiger partial charge is 0.313 e. The predicted octanol–water partition coefficient (Wildman–Crippen LogP) is 4.04. The molecule has 1 N–H and O–H groups in total. The van der Waals surface area contributed by atoms with Gasteiger partial charge in [0.1, 0.15) is 5.82 Å². The lowest BCUT2D eigenvalue weighted by atomic mass is 10.3. The van der Waals surface area contributed by atoms with Crippen LogP contribution in [-0.4, -0.2) is 38.4 Å². The Morgan fingerprint density at radius 1 is 1.57 bits per heavy atom. The molecular formula is C13H14BrFN2O2S2. The second kappa shape index (κ2) is 7.02. The number of fused-ring (bicyclic) bond motifs is 1. The molecule has 0 saturated carbocycles. The molecule has 0 amide bonds. The lowest BCUT2D eigenvalue weighted by Crippen LogP contribution is -2.10. The van der Waals surface area contributed by atoms with Gasteiger partial charge in [-0.15, -0.1) is 0 Å². The van der Waals surface area contributed by atoms with Crippen LogP contribution in [0.1, 0.15) is 13.0 Å². The van der Waals surface area contributed by atoms with Gasteiger partial charge in [-0.25, -0.2) is 9.37 Å². The fourth-order valence-electron chi connectivity index (χ4n) is 2.04. The minimum atomic E-state index is -0.900. The number of rotatable bonds is 6. The lowest BCUT2D eigenvalue weighted by Gasteiger charge is -2.16. The molecule has 1 atom stereocenters. The molecule has 1 unspecified atom stereocenters. The molecule has 0 fully saturated rings. The first kappa shape index (κ1) is 16.6. The van der Waals surface area contributed by atoms with Crippen LogP contribution in [0.2, 0.25) is 0 Å². The van der Waals surface area contributed by atoms with Crippen LogP contribution in [-0.2, 0) is 4.79 Å². The highest BCUT2D eigenvalue weighted by Crippen LogP contribution is 2.31. The molecule has 0 aliphatic rings. The molecule has 0 aliphatic heterocycles. The van der Waals surface area contributed by atoms with Crippen molar-refractivity contribution in [3.05, 3.63) is 22.4 Å². The van der Waals surface area contributed by atoms with Crippen molar-refractivity contribution in [1.29, 1.82) is 0 Å². The van der Waals surface area contributed by atoms with Crippen molar-refractivity contribution in [2.75, 3.05) is 17.8 Å². The van der Waals surface area contributed by atoms with Gasteiger partial charge in [0, 0.05) is 17.9 Å². The van der Waals surface area contributed by atoms with E-state index in [2.05, 4.69) is 20.9 Å². The minimum absolute atomic E-state index is 0.0705. The van der Waals surface area contributed by atoms with Crippen molar-refractivity contribution in [1.82, 2.24) is 9.55 Å². The fourth-order valence-corrected chi connectivity index (χ4v) is 3.83. The largest absolute Gasteiger partial charge is 0.481 e. The average molecular weight is 393 g/mol. The summed E-state index contributed by atoms with van der Waals surface area (Å²) < 4.78 is 16.0. The quantitative estimate of drug-likeness (QED) is 0.751. The Bertz CT molecular complexity index is 678. The van der Waals surface area contributed by atoms with Crippen LogP contribution in [0.5, 0.6) is 0 Å². The van der Waals surface area contributed by atoms with Gasteiger partial charge in [-0.2, -0.15) is 11.8 Å².